The fourth-order valence-corrected chi connectivity index (χ4v) is 1.97. The van der Waals surface area contributed by atoms with Gasteiger partial charge in [0, 0.05) is 13.1 Å². The van der Waals surface area contributed by atoms with Crippen LogP contribution in [-0.4, -0.2) is 26.2 Å². The Morgan fingerprint density at radius 3 is 2.05 bits per heavy atom. The van der Waals surface area contributed by atoms with Crippen LogP contribution in [0, 0.1) is 5.92 Å². The van der Waals surface area contributed by atoms with Gasteiger partial charge in [-0.25, -0.2) is 0 Å². The zero-order chi connectivity index (χ0) is 16.2. The molecule has 0 aliphatic rings. The van der Waals surface area contributed by atoms with Crippen molar-refractivity contribution in [1.82, 2.24) is 10.6 Å². The quantitative estimate of drug-likeness (QED) is 0.351. The summed E-state index contributed by atoms with van der Waals surface area (Å²) in [5.41, 5.74) is 0. The lowest BCUT2D eigenvalue weighted by molar-refractivity contribution is 0.475. The minimum atomic E-state index is 0.815. The van der Waals surface area contributed by atoms with Gasteiger partial charge in [0.1, 0.15) is 0 Å². The van der Waals surface area contributed by atoms with E-state index in [-0.39, 0.29) is 0 Å². The summed E-state index contributed by atoms with van der Waals surface area (Å²) in [4.78, 5) is 0. The Bertz CT molecular complexity index is 202. The van der Waals surface area contributed by atoms with Gasteiger partial charge >= 0.3 is 0 Å². The fraction of sp³-hybridized carbons (Fsp3) is 0.789. The summed E-state index contributed by atoms with van der Waals surface area (Å²) in [5, 5.41) is 6.60. The van der Waals surface area contributed by atoms with E-state index < -0.39 is 0 Å². The summed E-state index contributed by atoms with van der Waals surface area (Å²) in [6.07, 6.45) is 13.2. The molecule has 21 heavy (non-hydrogen) atoms. The van der Waals surface area contributed by atoms with Crippen LogP contribution in [0.25, 0.3) is 0 Å². The van der Waals surface area contributed by atoms with E-state index in [1.165, 1.54) is 44.9 Å². The van der Waals surface area contributed by atoms with Crippen molar-refractivity contribution in [2.45, 2.75) is 65.7 Å². The van der Waals surface area contributed by atoms with Gasteiger partial charge in [-0.2, -0.15) is 0 Å². The van der Waals surface area contributed by atoms with Gasteiger partial charge < -0.3 is 10.6 Å². The van der Waals surface area contributed by atoms with Crippen molar-refractivity contribution in [3.8, 4) is 0 Å². The first-order valence-electron chi connectivity index (χ1n) is 8.86. The Balaban J connectivity index is 0. The number of hydrogen-bond acceptors (Lipinski definition) is 2. The van der Waals surface area contributed by atoms with Gasteiger partial charge in [-0.15, -0.1) is 13.2 Å². The van der Waals surface area contributed by atoms with Crippen molar-refractivity contribution in [2.24, 2.45) is 5.92 Å². The average molecular weight is 297 g/mol. The first-order valence-corrected chi connectivity index (χ1v) is 8.86. The molecule has 0 aliphatic carbocycles. The predicted octanol–water partition coefficient (Wildman–Crippen LogP) is 4.93. The number of rotatable bonds is 14. The third-order valence-corrected chi connectivity index (χ3v) is 3.33. The van der Waals surface area contributed by atoms with E-state index >= 15 is 0 Å². The van der Waals surface area contributed by atoms with Crippen LogP contribution in [-0.2, 0) is 0 Å². The van der Waals surface area contributed by atoms with Crippen LogP contribution in [0.2, 0.25) is 0 Å². The van der Waals surface area contributed by atoms with E-state index in [2.05, 4.69) is 44.6 Å². The van der Waals surface area contributed by atoms with Gasteiger partial charge in [0.15, 0.2) is 0 Å². The summed E-state index contributed by atoms with van der Waals surface area (Å²) >= 11 is 0. The summed E-state index contributed by atoms with van der Waals surface area (Å²) in [7, 11) is 0. The van der Waals surface area contributed by atoms with Crippen molar-refractivity contribution < 1.29 is 0 Å². The van der Waals surface area contributed by atoms with E-state index in [1.807, 2.05) is 12.2 Å². The lowest BCUT2D eigenvalue weighted by Gasteiger charge is -2.10. The van der Waals surface area contributed by atoms with Crippen LogP contribution in [0.15, 0.2) is 25.3 Å². The van der Waals surface area contributed by atoms with Crippen molar-refractivity contribution >= 4 is 0 Å². The van der Waals surface area contributed by atoms with Crippen molar-refractivity contribution in [2.75, 3.05) is 26.2 Å². The van der Waals surface area contributed by atoms with E-state index in [1.54, 1.807) is 0 Å². The zero-order valence-electron chi connectivity index (χ0n) is 14.9. The van der Waals surface area contributed by atoms with Crippen LogP contribution in [0.1, 0.15) is 65.7 Å². The first kappa shape index (κ1) is 22.7. The molecular weight excluding hydrogens is 256 g/mol. The molecule has 1 atom stereocenters. The summed E-state index contributed by atoms with van der Waals surface area (Å²) < 4.78 is 0. The smallest absolute Gasteiger partial charge is 0.0132 e. The van der Waals surface area contributed by atoms with Crippen LogP contribution in [0.4, 0.5) is 0 Å². The maximum Gasteiger partial charge on any atom is 0.0132 e. The van der Waals surface area contributed by atoms with E-state index in [0.717, 1.165) is 32.1 Å². The van der Waals surface area contributed by atoms with Gasteiger partial charge in [-0.05, 0) is 31.8 Å². The van der Waals surface area contributed by atoms with Crippen molar-refractivity contribution in [1.29, 1.82) is 0 Å². The Morgan fingerprint density at radius 1 is 0.857 bits per heavy atom. The molecule has 0 amide bonds. The highest BCUT2D eigenvalue weighted by Crippen LogP contribution is 2.05. The molecule has 0 aliphatic heterocycles. The third-order valence-electron chi connectivity index (χ3n) is 3.33. The summed E-state index contributed by atoms with van der Waals surface area (Å²) in [6.45, 7) is 18.2. The molecule has 0 radical (unpaired) electrons. The van der Waals surface area contributed by atoms with Crippen LogP contribution in [0.5, 0.6) is 0 Å². The second-order valence-electron chi connectivity index (χ2n) is 5.75. The van der Waals surface area contributed by atoms with Crippen LogP contribution >= 0.6 is 0 Å². The minimum Gasteiger partial charge on any atom is -0.313 e. The van der Waals surface area contributed by atoms with Gasteiger partial charge in [-0.3, -0.25) is 0 Å². The molecule has 0 aromatic carbocycles. The fourth-order valence-electron chi connectivity index (χ4n) is 1.97. The molecule has 0 rings (SSSR count). The molecule has 2 heteroatoms. The normalized spacial score (nSPS) is 11.4. The summed E-state index contributed by atoms with van der Waals surface area (Å²) in [5.74, 6) is 0.815. The zero-order valence-corrected chi connectivity index (χ0v) is 14.9. The minimum absolute atomic E-state index is 0.815. The van der Waals surface area contributed by atoms with E-state index in [9.17, 15) is 0 Å². The van der Waals surface area contributed by atoms with Crippen LogP contribution in [0.3, 0.4) is 0 Å². The number of hydrogen-bond donors (Lipinski definition) is 2. The highest BCUT2D eigenvalue weighted by Gasteiger charge is 1.98. The first-order chi connectivity index (χ1) is 10.2. The molecule has 2 nitrogen and oxygen atoms in total. The van der Waals surface area contributed by atoms with Gasteiger partial charge in [-0.1, -0.05) is 65.0 Å². The molecule has 0 fully saturated rings. The summed E-state index contributed by atoms with van der Waals surface area (Å²) in [6, 6.07) is 0. The molecule has 0 aromatic rings. The van der Waals surface area contributed by atoms with Crippen LogP contribution < -0.4 is 10.6 Å². The maximum atomic E-state index is 3.66. The lowest BCUT2D eigenvalue weighted by atomic mass is 10.0. The van der Waals surface area contributed by atoms with Crippen molar-refractivity contribution in [3.63, 3.8) is 0 Å². The molecule has 0 aromatic heterocycles. The van der Waals surface area contributed by atoms with Gasteiger partial charge in [0.2, 0.25) is 0 Å². The second-order valence-corrected chi connectivity index (χ2v) is 5.75. The predicted molar refractivity (Wildman–Crippen MR) is 99.0 cm³/mol. The Hall–Kier alpha value is -0.600. The molecule has 2 N–H and O–H groups in total. The standard InChI is InChI=1S/C10H21N.C9H19N/c1-4-6-7-10(3)9-11-8-5-2;1-3-5-6-7-9-10-8-4-2/h5,10-11H,2,4,6-9H2,1,3H3;4,10H,2-3,5-9H2,1H3. The second kappa shape index (κ2) is 21.7. The molecule has 0 bridgehead atoms. The Labute approximate surface area is 134 Å². The molecule has 0 saturated heterocycles. The maximum absolute atomic E-state index is 3.66. The molecule has 126 valence electrons. The lowest BCUT2D eigenvalue weighted by Crippen LogP contribution is -2.20. The van der Waals surface area contributed by atoms with Gasteiger partial charge in [0.25, 0.3) is 0 Å². The monoisotopic (exact) mass is 296 g/mol. The molecular formula is C19H40N2. The molecule has 0 saturated carbocycles. The van der Waals surface area contributed by atoms with E-state index in [4.69, 9.17) is 0 Å². The van der Waals surface area contributed by atoms with E-state index in [0.29, 0.717) is 0 Å². The highest BCUT2D eigenvalue weighted by molar-refractivity contribution is 4.70. The average Bonchev–Trinajstić information content (AvgIpc) is 2.50. The SMILES string of the molecule is C=CCNCC(C)CCCC.C=CCNCCCCCC. The van der Waals surface area contributed by atoms with Crippen molar-refractivity contribution in [3.05, 3.63) is 25.3 Å². The molecule has 0 heterocycles. The highest BCUT2D eigenvalue weighted by atomic mass is 14.8. The number of unbranched alkanes of at least 4 members (excludes halogenated alkanes) is 4. The Morgan fingerprint density at radius 2 is 1.48 bits per heavy atom. The molecule has 1 unspecified atom stereocenters. The topological polar surface area (TPSA) is 24.1 Å². The number of nitrogens with one attached hydrogen (secondary N) is 2. The Kier molecular flexibility index (Phi) is 23.4. The third kappa shape index (κ3) is 24.8. The van der Waals surface area contributed by atoms with Gasteiger partial charge in [0.05, 0.1) is 0 Å². The molecule has 0 spiro atoms. The largest absolute Gasteiger partial charge is 0.313 e.